The van der Waals surface area contributed by atoms with Crippen molar-refractivity contribution in [3.8, 4) is 0 Å². The largest absolute Gasteiger partial charge is 0.332 e. The van der Waals surface area contributed by atoms with Crippen molar-refractivity contribution in [1.29, 1.82) is 0 Å². The molecule has 2 aromatic rings. The molecule has 1 aliphatic heterocycles. The van der Waals surface area contributed by atoms with E-state index >= 15 is 0 Å². The second-order valence-electron chi connectivity index (χ2n) is 4.92. The zero-order valence-electron chi connectivity index (χ0n) is 11.2. The van der Waals surface area contributed by atoms with Gasteiger partial charge in [0.25, 0.3) is 0 Å². The third-order valence-corrected chi connectivity index (χ3v) is 4.13. The van der Waals surface area contributed by atoms with Gasteiger partial charge in [-0.3, -0.25) is 0 Å². The van der Waals surface area contributed by atoms with Crippen molar-refractivity contribution in [3.05, 3.63) is 58.6 Å². The van der Waals surface area contributed by atoms with Crippen LogP contribution in [0.2, 0.25) is 5.02 Å². The fourth-order valence-electron chi connectivity index (χ4n) is 2.46. The Morgan fingerprint density at radius 1 is 1.25 bits per heavy atom. The minimum absolute atomic E-state index is 0.711. The summed E-state index contributed by atoms with van der Waals surface area (Å²) in [6, 6.07) is 14.2. The highest BCUT2D eigenvalue weighted by Crippen LogP contribution is 2.29. The van der Waals surface area contributed by atoms with E-state index in [0.29, 0.717) is 5.02 Å². The fourth-order valence-corrected chi connectivity index (χ4v) is 2.93. The first-order chi connectivity index (χ1) is 9.65. The lowest BCUT2D eigenvalue weighted by Gasteiger charge is -2.22. The molecule has 1 aliphatic rings. The summed E-state index contributed by atoms with van der Waals surface area (Å²) in [4.78, 5) is 2.14. The van der Waals surface area contributed by atoms with Gasteiger partial charge in [-0.25, -0.2) is 0 Å². The maximum atomic E-state index is 6.04. The van der Waals surface area contributed by atoms with Gasteiger partial charge in [0.05, 0.1) is 0 Å². The first kappa shape index (κ1) is 13.4. The maximum Gasteiger partial charge on any atom is 0.177 e. The number of aryl methyl sites for hydroxylation is 1. The zero-order valence-corrected chi connectivity index (χ0v) is 12.8. The van der Waals surface area contributed by atoms with Crippen molar-refractivity contribution in [1.82, 2.24) is 0 Å². The number of rotatable bonds is 1. The number of hydrogen-bond acceptors (Lipinski definition) is 1. The molecule has 0 aliphatic carbocycles. The molecule has 4 heteroatoms. The van der Waals surface area contributed by atoms with Crippen LogP contribution in [0.15, 0.2) is 42.5 Å². The highest BCUT2D eigenvalue weighted by molar-refractivity contribution is 7.80. The number of halogens is 1. The number of fused-ring (bicyclic) bond motifs is 1. The summed E-state index contributed by atoms with van der Waals surface area (Å²) < 4.78 is 0. The molecule has 1 heterocycles. The van der Waals surface area contributed by atoms with Crippen molar-refractivity contribution >= 4 is 40.3 Å². The van der Waals surface area contributed by atoms with Crippen molar-refractivity contribution < 1.29 is 0 Å². The van der Waals surface area contributed by atoms with E-state index in [2.05, 4.69) is 28.4 Å². The van der Waals surface area contributed by atoms with Crippen molar-refractivity contribution in [2.24, 2.45) is 0 Å². The molecular weight excluding hydrogens is 288 g/mol. The molecule has 0 saturated carbocycles. The Balaban J connectivity index is 1.83. The third kappa shape index (κ3) is 2.51. The summed E-state index contributed by atoms with van der Waals surface area (Å²) in [7, 11) is 0. The smallest absolute Gasteiger partial charge is 0.177 e. The summed E-state index contributed by atoms with van der Waals surface area (Å²) in [5.41, 5.74) is 4.64. The van der Waals surface area contributed by atoms with Crippen LogP contribution < -0.4 is 10.2 Å². The fraction of sp³-hybridized carbons (Fsp3) is 0.188. The molecule has 0 bridgehead atoms. The molecule has 3 rings (SSSR count). The molecule has 1 N–H and O–H groups in total. The van der Waals surface area contributed by atoms with Gasteiger partial charge < -0.3 is 10.2 Å². The SMILES string of the molecule is Cc1ccc(Cl)cc1NC(=S)N1CCc2ccccc21. The number of anilines is 2. The third-order valence-electron chi connectivity index (χ3n) is 3.57. The Bertz CT molecular complexity index is 669. The maximum absolute atomic E-state index is 6.04. The second-order valence-corrected chi connectivity index (χ2v) is 5.74. The van der Waals surface area contributed by atoms with Crippen LogP contribution in [0.5, 0.6) is 0 Å². The van der Waals surface area contributed by atoms with Gasteiger partial charge in [-0.2, -0.15) is 0 Å². The van der Waals surface area contributed by atoms with Crippen LogP contribution in [-0.2, 0) is 6.42 Å². The first-order valence-electron chi connectivity index (χ1n) is 6.58. The van der Waals surface area contributed by atoms with Crippen LogP contribution in [0, 0.1) is 6.92 Å². The van der Waals surface area contributed by atoms with Crippen LogP contribution in [0.4, 0.5) is 11.4 Å². The Kier molecular flexibility index (Phi) is 3.64. The van der Waals surface area contributed by atoms with E-state index in [1.807, 2.05) is 31.2 Å². The Labute approximate surface area is 129 Å². The lowest BCUT2D eigenvalue weighted by atomic mass is 10.2. The van der Waals surface area contributed by atoms with Gasteiger partial charge in [0, 0.05) is 22.9 Å². The van der Waals surface area contributed by atoms with Gasteiger partial charge in [0.1, 0.15) is 0 Å². The summed E-state index contributed by atoms with van der Waals surface area (Å²) in [6.07, 6.45) is 1.03. The van der Waals surface area contributed by atoms with Crippen molar-refractivity contribution in [3.63, 3.8) is 0 Å². The van der Waals surface area contributed by atoms with E-state index < -0.39 is 0 Å². The highest BCUT2D eigenvalue weighted by Gasteiger charge is 2.21. The summed E-state index contributed by atoms with van der Waals surface area (Å²) in [6.45, 7) is 2.96. The van der Waals surface area contributed by atoms with E-state index in [1.165, 1.54) is 11.3 Å². The highest BCUT2D eigenvalue weighted by atomic mass is 35.5. The predicted molar refractivity (Wildman–Crippen MR) is 89.9 cm³/mol. The minimum atomic E-state index is 0.711. The van der Waals surface area contributed by atoms with E-state index in [4.69, 9.17) is 23.8 Å². The molecular formula is C16H15ClN2S. The molecule has 2 aromatic carbocycles. The lowest BCUT2D eigenvalue weighted by molar-refractivity contribution is 1.03. The second kappa shape index (κ2) is 5.43. The van der Waals surface area contributed by atoms with Crippen LogP contribution in [0.25, 0.3) is 0 Å². The van der Waals surface area contributed by atoms with Gasteiger partial charge in [0.15, 0.2) is 5.11 Å². The van der Waals surface area contributed by atoms with Crippen LogP contribution in [0.1, 0.15) is 11.1 Å². The Morgan fingerprint density at radius 3 is 2.90 bits per heavy atom. The number of benzene rings is 2. The minimum Gasteiger partial charge on any atom is -0.332 e. The standard InChI is InChI=1S/C16H15ClN2S/c1-11-6-7-13(17)10-14(11)18-16(20)19-9-8-12-4-2-3-5-15(12)19/h2-7,10H,8-9H2,1H3,(H,18,20). The van der Waals surface area contributed by atoms with Crippen molar-refractivity contribution in [2.75, 3.05) is 16.8 Å². The normalized spacial score (nSPS) is 13.2. The first-order valence-corrected chi connectivity index (χ1v) is 7.36. The van der Waals surface area contributed by atoms with Gasteiger partial charge in [-0.1, -0.05) is 35.9 Å². The molecule has 0 aromatic heterocycles. The molecule has 0 radical (unpaired) electrons. The van der Waals surface area contributed by atoms with Crippen LogP contribution in [-0.4, -0.2) is 11.7 Å². The van der Waals surface area contributed by atoms with Gasteiger partial charge >= 0.3 is 0 Å². The van der Waals surface area contributed by atoms with E-state index in [0.717, 1.165) is 29.3 Å². The summed E-state index contributed by atoms with van der Waals surface area (Å²) in [5.74, 6) is 0. The number of thiocarbonyl (C=S) groups is 1. The molecule has 0 spiro atoms. The predicted octanol–water partition coefficient (Wildman–Crippen LogP) is 4.41. The summed E-state index contributed by atoms with van der Waals surface area (Å²) >= 11 is 11.6. The number of hydrogen-bond donors (Lipinski definition) is 1. The van der Waals surface area contributed by atoms with E-state index in [1.54, 1.807) is 0 Å². The molecule has 20 heavy (non-hydrogen) atoms. The lowest BCUT2D eigenvalue weighted by Crippen LogP contribution is -2.33. The average Bonchev–Trinajstić information content (AvgIpc) is 2.87. The van der Waals surface area contributed by atoms with Gasteiger partial charge in [-0.05, 0) is 54.9 Å². The Hall–Kier alpha value is -1.58. The molecule has 0 amide bonds. The van der Waals surface area contributed by atoms with Gasteiger partial charge in [-0.15, -0.1) is 0 Å². The number of para-hydroxylation sites is 1. The molecule has 0 atom stereocenters. The Morgan fingerprint density at radius 2 is 2.05 bits per heavy atom. The van der Waals surface area contributed by atoms with E-state index in [-0.39, 0.29) is 0 Å². The molecule has 102 valence electrons. The van der Waals surface area contributed by atoms with Crippen molar-refractivity contribution in [2.45, 2.75) is 13.3 Å². The summed E-state index contributed by atoms with van der Waals surface area (Å²) in [5, 5.41) is 4.74. The average molecular weight is 303 g/mol. The molecule has 0 unspecified atom stereocenters. The molecule has 0 saturated heterocycles. The topological polar surface area (TPSA) is 15.3 Å². The number of nitrogens with zero attached hydrogens (tertiary/aromatic N) is 1. The van der Waals surface area contributed by atoms with Crippen LogP contribution >= 0.6 is 23.8 Å². The molecule has 2 nitrogen and oxygen atoms in total. The van der Waals surface area contributed by atoms with E-state index in [9.17, 15) is 0 Å². The monoisotopic (exact) mass is 302 g/mol. The van der Waals surface area contributed by atoms with Gasteiger partial charge in [0.2, 0.25) is 0 Å². The number of nitrogens with one attached hydrogen (secondary N) is 1. The molecule has 0 fully saturated rings. The zero-order chi connectivity index (χ0) is 14.1. The quantitative estimate of drug-likeness (QED) is 0.786. The van der Waals surface area contributed by atoms with Crippen LogP contribution in [0.3, 0.4) is 0 Å².